The van der Waals surface area contributed by atoms with E-state index in [1.165, 1.54) is 10.8 Å². The molecule has 0 aliphatic carbocycles. The zero-order valence-corrected chi connectivity index (χ0v) is 9.01. The molecule has 1 N–H and O–H groups in total. The van der Waals surface area contributed by atoms with Crippen LogP contribution in [0.4, 0.5) is 0 Å². The Morgan fingerprint density at radius 1 is 0.882 bits per heavy atom. The van der Waals surface area contributed by atoms with E-state index < -0.39 is 0 Å². The van der Waals surface area contributed by atoms with Crippen LogP contribution in [0.5, 0.6) is 0 Å². The minimum atomic E-state index is 0.982. The van der Waals surface area contributed by atoms with Crippen LogP contribution in [0.3, 0.4) is 0 Å². The van der Waals surface area contributed by atoms with Gasteiger partial charge in [-0.25, -0.2) is 0 Å². The molecule has 17 heavy (non-hydrogen) atoms. The van der Waals surface area contributed by atoms with E-state index >= 15 is 0 Å². The molecular weight excluding hydrogens is 210 g/mol. The highest BCUT2D eigenvalue weighted by Gasteiger charge is 2.06. The van der Waals surface area contributed by atoms with Crippen LogP contribution in [-0.4, -0.2) is 15.2 Å². The third-order valence-corrected chi connectivity index (χ3v) is 3.17. The highest BCUT2D eigenvalue weighted by Crippen LogP contribution is 2.29. The highest BCUT2D eigenvalue weighted by atomic mass is 15.1. The van der Waals surface area contributed by atoms with Crippen molar-refractivity contribution in [1.82, 2.24) is 15.2 Å². The number of hydrogen-bond donors (Lipinski definition) is 1. The van der Waals surface area contributed by atoms with Crippen LogP contribution >= 0.6 is 0 Å². The van der Waals surface area contributed by atoms with Gasteiger partial charge in [0.05, 0.1) is 11.0 Å². The van der Waals surface area contributed by atoms with Gasteiger partial charge < -0.3 is 0 Å². The zero-order chi connectivity index (χ0) is 11.2. The molecular formula is C14H9N3. The molecule has 0 amide bonds. The van der Waals surface area contributed by atoms with E-state index in [1.54, 1.807) is 0 Å². The summed E-state index contributed by atoms with van der Waals surface area (Å²) in [6.07, 6.45) is 3.86. The fourth-order valence-electron chi connectivity index (χ4n) is 2.37. The predicted molar refractivity (Wildman–Crippen MR) is 68.9 cm³/mol. The first-order chi connectivity index (χ1) is 8.43. The van der Waals surface area contributed by atoms with Crippen molar-refractivity contribution in [3.63, 3.8) is 0 Å². The summed E-state index contributed by atoms with van der Waals surface area (Å²) in [5.74, 6) is 0. The van der Waals surface area contributed by atoms with Crippen molar-refractivity contribution in [1.29, 1.82) is 0 Å². The molecule has 0 spiro atoms. The minimum Gasteiger partial charge on any atom is -0.284 e. The molecule has 4 rings (SSSR count). The van der Waals surface area contributed by atoms with Crippen LogP contribution in [0.1, 0.15) is 0 Å². The Hall–Kier alpha value is -2.42. The Morgan fingerprint density at radius 3 is 2.76 bits per heavy atom. The summed E-state index contributed by atoms with van der Waals surface area (Å²) in [5.41, 5.74) is 1.99. The van der Waals surface area contributed by atoms with Gasteiger partial charge in [-0.1, -0.05) is 24.3 Å². The monoisotopic (exact) mass is 219 g/mol. The highest BCUT2D eigenvalue weighted by molar-refractivity contribution is 6.17. The van der Waals surface area contributed by atoms with Crippen molar-refractivity contribution in [2.24, 2.45) is 0 Å². The SMILES string of the molecule is c1ccc2c(c1)cnc1ccc3n[nH]cc3c12. The summed E-state index contributed by atoms with van der Waals surface area (Å²) in [4.78, 5) is 4.50. The van der Waals surface area contributed by atoms with Gasteiger partial charge in [0.1, 0.15) is 0 Å². The third kappa shape index (κ3) is 1.11. The Balaban J connectivity index is 2.41. The molecule has 0 saturated carbocycles. The van der Waals surface area contributed by atoms with Crippen molar-refractivity contribution >= 4 is 32.6 Å². The predicted octanol–water partition coefficient (Wildman–Crippen LogP) is 3.26. The van der Waals surface area contributed by atoms with Crippen molar-refractivity contribution in [2.75, 3.05) is 0 Å². The molecule has 2 heterocycles. The lowest BCUT2D eigenvalue weighted by atomic mass is 10.0. The van der Waals surface area contributed by atoms with Crippen LogP contribution in [-0.2, 0) is 0 Å². The van der Waals surface area contributed by atoms with Gasteiger partial charge >= 0.3 is 0 Å². The molecule has 2 aromatic carbocycles. The second kappa shape index (κ2) is 3.04. The molecule has 0 atom stereocenters. The number of rotatable bonds is 0. The molecule has 0 radical (unpaired) electrons. The maximum atomic E-state index is 4.50. The van der Waals surface area contributed by atoms with Crippen LogP contribution in [0.15, 0.2) is 48.8 Å². The number of aromatic amines is 1. The van der Waals surface area contributed by atoms with Gasteiger partial charge in [-0.2, -0.15) is 5.10 Å². The molecule has 0 unspecified atom stereocenters. The smallest absolute Gasteiger partial charge is 0.0928 e. The fraction of sp³-hybridized carbons (Fsp3) is 0. The number of benzene rings is 2. The van der Waals surface area contributed by atoms with Gasteiger partial charge in [-0.15, -0.1) is 0 Å². The van der Waals surface area contributed by atoms with Crippen LogP contribution in [0.2, 0.25) is 0 Å². The summed E-state index contributed by atoms with van der Waals surface area (Å²) >= 11 is 0. The second-order valence-corrected chi connectivity index (χ2v) is 4.12. The first kappa shape index (κ1) is 8.70. The van der Waals surface area contributed by atoms with Crippen LogP contribution in [0, 0.1) is 0 Å². The number of hydrogen-bond acceptors (Lipinski definition) is 2. The first-order valence-corrected chi connectivity index (χ1v) is 5.53. The normalized spacial score (nSPS) is 11.5. The van der Waals surface area contributed by atoms with E-state index in [1.807, 2.05) is 30.6 Å². The van der Waals surface area contributed by atoms with Crippen molar-refractivity contribution in [3.05, 3.63) is 48.8 Å². The molecule has 80 valence electrons. The summed E-state index contributed by atoms with van der Waals surface area (Å²) in [6, 6.07) is 12.3. The fourth-order valence-corrected chi connectivity index (χ4v) is 2.37. The Kier molecular flexibility index (Phi) is 1.56. The quantitative estimate of drug-likeness (QED) is 0.461. The molecule has 0 fully saturated rings. The largest absolute Gasteiger partial charge is 0.284 e. The summed E-state index contributed by atoms with van der Waals surface area (Å²) in [5, 5.41) is 11.8. The van der Waals surface area contributed by atoms with Crippen molar-refractivity contribution < 1.29 is 0 Å². The Bertz CT molecular complexity index is 846. The van der Waals surface area contributed by atoms with E-state index in [-0.39, 0.29) is 0 Å². The maximum Gasteiger partial charge on any atom is 0.0928 e. The second-order valence-electron chi connectivity index (χ2n) is 4.12. The lowest BCUT2D eigenvalue weighted by Crippen LogP contribution is -1.82. The van der Waals surface area contributed by atoms with Crippen LogP contribution in [0.25, 0.3) is 32.6 Å². The molecule has 3 heteroatoms. The average Bonchev–Trinajstić information content (AvgIpc) is 2.86. The molecule has 0 saturated heterocycles. The molecule has 3 nitrogen and oxygen atoms in total. The van der Waals surface area contributed by atoms with Crippen LogP contribution < -0.4 is 0 Å². The number of nitrogens with zero attached hydrogens (tertiary/aromatic N) is 2. The van der Waals surface area contributed by atoms with Crippen molar-refractivity contribution in [2.45, 2.75) is 0 Å². The van der Waals surface area contributed by atoms with E-state index in [0.29, 0.717) is 0 Å². The van der Waals surface area contributed by atoms with Gasteiger partial charge in [0.25, 0.3) is 0 Å². The number of H-pyrrole nitrogens is 1. The number of aromatic nitrogens is 3. The molecule has 4 aromatic rings. The number of fused-ring (bicyclic) bond motifs is 5. The molecule has 0 aliphatic rings. The number of nitrogens with one attached hydrogen (secondary N) is 1. The van der Waals surface area contributed by atoms with Gasteiger partial charge in [0.15, 0.2) is 0 Å². The minimum absolute atomic E-state index is 0.982. The third-order valence-electron chi connectivity index (χ3n) is 3.17. The van der Waals surface area contributed by atoms with Gasteiger partial charge in [0.2, 0.25) is 0 Å². The van der Waals surface area contributed by atoms with Gasteiger partial charge in [0, 0.05) is 28.6 Å². The maximum absolute atomic E-state index is 4.50. The molecule has 2 aromatic heterocycles. The van der Waals surface area contributed by atoms with E-state index in [4.69, 9.17) is 0 Å². The standard InChI is InChI=1S/C14H9N3/c1-2-4-10-9(3-1)7-15-13-6-5-12-11(14(10)13)8-16-17-12/h1-8H,(H,16,17). The summed E-state index contributed by atoms with van der Waals surface area (Å²) < 4.78 is 0. The molecule has 0 aliphatic heterocycles. The molecule has 0 bridgehead atoms. The number of pyridine rings is 1. The van der Waals surface area contributed by atoms with E-state index in [0.717, 1.165) is 21.8 Å². The first-order valence-electron chi connectivity index (χ1n) is 5.53. The average molecular weight is 219 g/mol. The summed E-state index contributed by atoms with van der Waals surface area (Å²) in [7, 11) is 0. The Morgan fingerprint density at radius 2 is 1.76 bits per heavy atom. The van der Waals surface area contributed by atoms with E-state index in [9.17, 15) is 0 Å². The topological polar surface area (TPSA) is 41.6 Å². The van der Waals surface area contributed by atoms with Gasteiger partial charge in [-0.3, -0.25) is 10.1 Å². The Labute approximate surface area is 97.1 Å². The lowest BCUT2D eigenvalue weighted by Gasteiger charge is -2.03. The van der Waals surface area contributed by atoms with Crippen molar-refractivity contribution in [3.8, 4) is 0 Å². The summed E-state index contributed by atoms with van der Waals surface area (Å²) in [6.45, 7) is 0. The van der Waals surface area contributed by atoms with Gasteiger partial charge in [-0.05, 0) is 17.5 Å². The lowest BCUT2D eigenvalue weighted by molar-refractivity contribution is 1.12. The zero-order valence-electron chi connectivity index (χ0n) is 9.01. The van der Waals surface area contributed by atoms with E-state index in [2.05, 4.69) is 33.4 Å².